The van der Waals surface area contributed by atoms with Gasteiger partial charge in [-0.3, -0.25) is 9.89 Å². The van der Waals surface area contributed by atoms with Crippen LogP contribution in [0.3, 0.4) is 0 Å². The summed E-state index contributed by atoms with van der Waals surface area (Å²) in [4.78, 5) is 12.4. The Kier molecular flexibility index (Phi) is 15.3. The van der Waals surface area contributed by atoms with E-state index in [1.165, 1.54) is 64.5 Å². The van der Waals surface area contributed by atoms with Crippen LogP contribution >= 0.6 is 0 Å². The van der Waals surface area contributed by atoms with Crippen LogP contribution in [0.5, 0.6) is 5.75 Å². The van der Waals surface area contributed by atoms with Crippen LogP contribution in [0, 0.1) is 11.8 Å². The van der Waals surface area contributed by atoms with Gasteiger partial charge in [0.2, 0.25) is 0 Å². The molecule has 0 bridgehead atoms. The fourth-order valence-corrected chi connectivity index (χ4v) is 6.87. The van der Waals surface area contributed by atoms with E-state index < -0.39 is 0 Å². The molecule has 0 amide bonds. The Morgan fingerprint density at radius 2 is 1.68 bits per heavy atom. The van der Waals surface area contributed by atoms with Crippen molar-refractivity contribution < 1.29 is 10.2 Å². The highest BCUT2D eigenvalue weighted by molar-refractivity contribution is 5.96. The van der Waals surface area contributed by atoms with Crippen molar-refractivity contribution in [2.75, 3.05) is 52.4 Å². The molecule has 3 aliphatic rings. The molecule has 3 fully saturated rings. The van der Waals surface area contributed by atoms with Crippen LogP contribution in [0.4, 0.5) is 0 Å². The molecule has 3 N–H and O–H groups in total. The number of hydrogen-bond acceptors (Lipinski definition) is 6. The molecular weight excluding hydrogens is 546 g/mol. The maximum atomic E-state index is 11.2. The number of nitrogens with zero attached hydrogens (tertiary/aromatic N) is 4. The van der Waals surface area contributed by atoms with Crippen LogP contribution in [0.2, 0.25) is 0 Å². The van der Waals surface area contributed by atoms with E-state index in [1.807, 2.05) is 13.0 Å². The molecule has 4 rings (SSSR count). The molecule has 0 radical (unpaired) electrons. The Bertz CT molecular complexity index is 1050. The number of aliphatic imine (C=N–C) groups is 1. The lowest BCUT2D eigenvalue weighted by molar-refractivity contribution is 0.0264. The third kappa shape index (κ3) is 11.6. The minimum atomic E-state index is 0.209. The van der Waals surface area contributed by atoms with Crippen molar-refractivity contribution in [3.8, 4) is 5.75 Å². The van der Waals surface area contributed by atoms with E-state index in [1.54, 1.807) is 30.3 Å². The lowest BCUT2D eigenvalue weighted by Crippen LogP contribution is -2.59. The Morgan fingerprint density at radius 1 is 1.00 bits per heavy atom. The number of aromatic hydroxyl groups is 1. The van der Waals surface area contributed by atoms with E-state index in [2.05, 4.69) is 53.9 Å². The number of amidine groups is 1. The molecule has 1 aromatic carbocycles. The van der Waals surface area contributed by atoms with Crippen LogP contribution in [0.25, 0.3) is 0 Å². The number of piperazine rings is 1. The molecule has 246 valence electrons. The molecule has 7 heteroatoms. The number of allylic oxidation sites excluding steroid dienone is 1. The molecule has 1 unspecified atom stereocenters. The van der Waals surface area contributed by atoms with Gasteiger partial charge in [0.25, 0.3) is 0 Å². The number of aliphatic hydroxyl groups is 1. The highest BCUT2D eigenvalue weighted by Gasteiger charge is 2.35. The second-order valence-electron chi connectivity index (χ2n) is 13.2. The summed E-state index contributed by atoms with van der Waals surface area (Å²) in [6.45, 7) is 25.4. The fraction of sp³-hybridized carbons (Fsp3) is 0.649. The van der Waals surface area contributed by atoms with Gasteiger partial charge in [0, 0.05) is 50.5 Å². The summed E-state index contributed by atoms with van der Waals surface area (Å²) in [7, 11) is 0. The van der Waals surface area contributed by atoms with Crippen LogP contribution in [-0.2, 0) is 0 Å². The number of aliphatic hydroxyl groups excluding tert-OH is 1. The van der Waals surface area contributed by atoms with Gasteiger partial charge in [-0.2, -0.15) is 0 Å². The van der Waals surface area contributed by atoms with Crippen molar-refractivity contribution in [1.29, 1.82) is 0 Å². The lowest BCUT2D eigenvalue weighted by Gasteiger charge is -2.48. The normalized spacial score (nSPS) is 21.6. The molecular formula is C37H61N5O2. The molecule has 2 aliphatic heterocycles. The highest BCUT2D eigenvalue weighted by atomic mass is 16.3. The van der Waals surface area contributed by atoms with Gasteiger partial charge in [0.15, 0.2) is 11.6 Å². The van der Waals surface area contributed by atoms with Crippen molar-refractivity contribution >= 4 is 5.84 Å². The van der Waals surface area contributed by atoms with Crippen LogP contribution in [0.1, 0.15) is 79.1 Å². The SMILES string of the molecule is C=C(/C=C(/O)C(=NCC)N1CCN(C2CCN(CC)CC2)C(CC(C)C)C1)C(=C)NCC1CCCCC1.Oc1ccccc1. The summed E-state index contributed by atoms with van der Waals surface area (Å²) in [6, 6.07) is 9.87. The summed E-state index contributed by atoms with van der Waals surface area (Å²) >= 11 is 0. The van der Waals surface area contributed by atoms with Crippen molar-refractivity contribution in [1.82, 2.24) is 20.0 Å². The van der Waals surface area contributed by atoms with Gasteiger partial charge in [-0.15, -0.1) is 0 Å². The van der Waals surface area contributed by atoms with Gasteiger partial charge in [-0.25, -0.2) is 0 Å². The zero-order valence-electron chi connectivity index (χ0n) is 28.2. The van der Waals surface area contributed by atoms with Gasteiger partial charge in [-0.1, -0.05) is 71.4 Å². The summed E-state index contributed by atoms with van der Waals surface area (Å²) in [6.07, 6.45) is 12.1. The molecule has 0 spiro atoms. The quantitative estimate of drug-likeness (QED) is 0.109. The van der Waals surface area contributed by atoms with Crippen molar-refractivity contribution in [2.24, 2.45) is 16.8 Å². The number of likely N-dealkylation sites (tertiary alicyclic amines) is 1. The zero-order chi connectivity index (χ0) is 31.9. The molecule has 1 saturated carbocycles. The molecule has 0 aromatic heterocycles. The molecule has 2 saturated heterocycles. The third-order valence-corrected chi connectivity index (χ3v) is 9.37. The van der Waals surface area contributed by atoms with E-state index in [0.29, 0.717) is 36.1 Å². The molecule has 1 aromatic rings. The molecule has 7 nitrogen and oxygen atoms in total. The monoisotopic (exact) mass is 607 g/mol. The van der Waals surface area contributed by atoms with Gasteiger partial charge in [0.1, 0.15) is 5.75 Å². The van der Waals surface area contributed by atoms with Crippen molar-refractivity contribution in [3.05, 3.63) is 66.6 Å². The number of rotatable bonds is 11. The zero-order valence-corrected chi connectivity index (χ0v) is 28.2. The van der Waals surface area contributed by atoms with E-state index >= 15 is 0 Å². The predicted octanol–water partition coefficient (Wildman–Crippen LogP) is 7.00. The van der Waals surface area contributed by atoms with Gasteiger partial charge < -0.3 is 25.3 Å². The topological polar surface area (TPSA) is 74.6 Å². The van der Waals surface area contributed by atoms with E-state index in [4.69, 9.17) is 10.1 Å². The van der Waals surface area contributed by atoms with E-state index in [-0.39, 0.29) is 5.76 Å². The largest absolute Gasteiger partial charge is 0.508 e. The summed E-state index contributed by atoms with van der Waals surface area (Å²) < 4.78 is 0. The minimum absolute atomic E-state index is 0.209. The summed E-state index contributed by atoms with van der Waals surface area (Å²) in [5, 5.41) is 23.3. The molecule has 1 atom stereocenters. The lowest BCUT2D eigenvalue weighted by atomic mass is 9.89. The van der Waals surface area contributed by atoms with Gasteiger partial charge >= 0.3 is 0 Å². The second kappa shape index (κ2) is 18.9. The third-order valence-electron chi connectivity index (χ3n) is 9.37. The first-order valence-electron chi connectivity index (χ1n) is 17.3. The average molecular weight is 608 g/mol. The Balaban J connectivity index is 0.000000662. The number of phenolic OH excluding ortho intramolecular Hbond substituents is 1. The Hall–Kier alpha value is -2.77. The van der Waals surface area contributed by atoms with E-state index in [9.17, 15) is 5.11 Å². The first-order valence-corrected chi connectivity index (χ1v) is 17.3. The highest BCUT2D eigenvalue weighted by Crippen LogP contribution is 2.27. The number of nitrogens with one attached hydrogen (secondary N) is 1. The Labute approximate surface area is 268 Å². The number of piperidine rings is 1. The molecule has 2 heterocycles. The smallest absolute Gasteiger partial charge is 0.166 e. The van der Waals surface area contributed by atoms with Crippen molar-refractivity contribution in [3.63, 3.8) is 0 Å². The first-order chi connectivity index (χ1) is 21.2. The predicted molar refractivity (Wildman–Crippen MR) is 186 cm³/mol. The Morgan fingerprint density at radius 3 is 2.25 bits per heavy atom. The number of para-hydroxylation sites is 1. The van der Waals surface area contributed by atoms with Crippen LogP contribution in [0.15, 0.2) is 71.6 Å². The van der Waals surface area contributed by atoms with E-state index in [0.717, 1.165) is 49.9 Å². The maximum absolute atomic E-state index is 11.2. The minimum Gasteiger partial charge on any atom is -0.508 e. The number of phenols is 1. The first kappa shape index (κ1) is 35.7. The standard InChI is InChI=1S/C31H55N5O.C6H6O/c1-7-32-31(30(37)21-25(5)26(6)33-22-27-12-10-9-11-13-27)35-18-19-36(29(23-35)20-24(3)4)28-14-16-34(8-2)17-15-28;7-6-4-2-1-3-5-6/h21,24,27-29,33,37H,5-20,22-23H2,1-4H3;1-5,7H/b30-21+,32-31?;. The average Bonchev–Trinajstić information content (AvgIpc) is 3.03. The molecule has 1 aliphatic carbocycles. The van der Waals surface area contributed by atoms with Gasteiger partial charge in [0.05, 0.1) is 0 Å². The maximum Gasteiger partial charge on any atom is 0.166 e. The summed E-state index contributed by atoms with van der Waals surface area (Å²) in [5.74, 6) is 2.59. The fourth-order valence-electron chi connectivity index (χ4n) is 6.87. The van der Waals surface area contributed by atoms with Crippen LogP contribution < -0.4 is 5.32 Å². The second-order valence-corrected chi connectivity index (χ2v) is 13.2. The number of benzene rings is 1. The molecule has 44 heavy (non-hydrogen) atoms. The van der Waals surface area contributed by atoms with Gasteiger partial charge in [-0.05, 0) is 94.3 Å². The van der Waals surface area contributed by atoms with Crippen LogP contribution in [-0.4, -0.2) is 95.2 Å². The summed E-state index contributed by atoms with van der Waals surface area (Å²) in [5.41, 5.74) is 1.53. The van der Waals surface area contributed by atoms with Crippen molar-refractivity contribution in [2.45, 2.75) is 91.1 Å². The number of hydrogen-bond donors (Lipinski definition) is 3.